The minimum atomic E-state index is -0.446. The van der Waals surface area contributed by atoms with Gasteiger partial charge < -0.3 is 9.64 Å². The average molecular weight is 497 g/mol. The fourth-order valence-corrected chi connectivity index (χ4v) is 6.02. The van der Waals surface area contributed by atoms with Crippen LogP contribution in [-0.4, -0.2) is 30.4 Å². The Labute approximate surface area is 219 Å². The van der Waals surface area contributed by atoms with Crippen molar-refractivity contribution in [2.75, 3.05) is 18.6 Å². The number of hydrogen-bond donors (Lipinski definition) is 0. The van der Waals surface area contributed by atoms with Gasteiger partial charge in [-0.05, 0) is 53.9 Å². The van der Waals surface area contributed by atoms with Crippen molar-refractivity contribution < 1.29 is 14.3 Å². The minimum absolute atomic E-state index is 0.129. The van der Waals surface area contributed by atoms with Gasteiger partial charge in [-0.3, -0.25) is 9.78 Å². The lowest BCUT2D eigenvalue weighted by molar-refractivity contribution is -0.117. The van der Waals surface area contributed by atoms with Crippen molar-refractivity contribution in [1.82, 2.24) is 4.98 Å². The summed E-state index contributed by atoms with van der Waals surface area (Å²) in [4.78, 5) is 33.6. The number of para-hydroxylation sites is 2. The van der Waals surface area contributed by atoms with Gasteiger partial charge in [0, 0.05) is 41.0 Å². The predicted molar refractivity (Wildman–Crippen MR) is 148 cm³/mol. The number of ketones is 1. The van der Waals surface area contributed by atoms with Crippen molar-refractivity contribution >= 4 is 28.3 Å². The first-order valence-electron chi connectivity index (χ1n) is 13.1. The third kappa shape index (κ3) is 4.45. The average Bonchev–Trinajstić information content (AvgIpc) is 3.05. The van der Waals surface area contributed by atoms with E-state index in [-0.39, 0.29) is 23.2 Å². The van der Waals surface area contributed by atoms with Crippen molar-refractivity contribution in [2.45, 2.75) is 59.3 Å². The number of nitrogens with zero attached hydrogens (tertiary/aromatic N) is 2. The van der Waals surface area contributed by atoms with Crippen LogP contribution in [-0.2, 0) is 27.8 Å². The molecule has 0 bridgehead atoms. The van der Waals surface area contributed by atoms with Gasteiger partial charge in [-0.25, -0.2) is 4.79 Å². The smallest absolute Gasteiger partial charge is 0.339 e. The van der Waals surface area contributed by atoms with Crippen LogP contribution in [0.25, 0.3) is 10.9 Å². The number of fused-ring (bicyclic) bond motifs is 3. The van der Waals surface area contributed by atoms with Crippen LogP contribution in [0.5, 0.6) is 0 Å². The number of carbonyl (C=O) groups is 2. The number of rotatable bonds is 4. The highest BCUT2D eigenvalue weighted by Crippen LogP contribution is 2.46. The SMILES string of the molecule is CN1C(=CC(=O)COC(=O)c2c3c(nc4ccccc24)CCC(C(C)(C)C)C3)C(C)(C)c2ccccc21. The normalized spacial score (nSPS) is 19.6. The molecule has 5 rings (SSSR count). The van der Waals surface area contributed by atoms with E-state index >= 15 is 0 Å². The van der Waals surface area contributed by atoms with Gasteiger partial charge in [-0.2, -0.15) is 0 Å². The molecule has 0 fully saturated rings. The van der Waals surface area contributed by atoms with Crippen LogP contribution in [0.2, 0.25) is 0 Å². The van der Waals surface area contributed by atoms with E-state index in [4.69, 9.17) is 9.72 Å². The van der Waals surface area contributed by atoms with E-state index in [1.54, 1.807) is 6.08 Å². The Morgan fingerprint density at radius 1 is 1.11 bits per heavy atom. The summed E-state index contributed by atoms with van der Waals surface area (Å²) < 4.78 is 5.70. The van der Waals surface area contributed by atoms with Crippen molar-refractivity contribution in [1.29, 1.82) is 0 Å². The fraction of sp³-hybridized carbons (Fsp3) is 0.406. The molecule has 0 radical (unpaired) electrons. The summed E-state index contributed by atoms with van der Waals surface area (Å²) in [6, 6.07) is 15.9. The Balaban J connectivity index is 1.42. The van der Waals surface area contributed by atoms with Gasteiger partial charge in [0.15, 0.2) is 12.4 Å². The molecule has 0 spiro atoms. The lowest BCUT2D eigenvalue weighted by Gasteiger charge is -2.35. The number of allylic oxidation sites excluding steroid dienone is 1. The number of ether oxygens (including phenoxy) is 1. The summed E-state index contributed by atoms with van der Waals surface area (Å²) in [6.45, 7) is 10.7. The van der Waals surface area contributed by atoms with Gasteiger partial charge in [-0.15, -0.1) is 0 Å². The molecule has 5 heteroatoms. The molecule has 2 heterocycles. The monoisotopic (exact) mass is 496 g/mol. The molecule has 192 valence electrons. The van der Waals surface area contributed by atoms with E-state index in [0.29, 0.717) is 11.5 Å². The minimum Gasteiger partial charge on any atom is -0.454 e. The zero-order valence-corrected chi connectivity index (χ0v) is 22.7. The molecule has 0 amide bonds. The van der Waals surface area contributed by atoms with Crippen LogP contribution in [0.1, 0.15) is 68.2 Å². The second-order valence-electron chi connectivity index (χ2n) is 12.0. The Bertz CT molecular complexity index is 1430. The topological polar surface area (TPSA) is 59.5 Å². The maximum absolute atomic E-state index is 13.6. The van der Waals surface area contributed by atoms with Gasteiger partial charge in [0.1, 0.15) is 0 Å². The number of hydrogen-bond acceptors (Lipinski definition) is 5. The second kappa shape index (κ2) is 9.13. The molecule has 0 saturated heterocycles. The summed E-state index contributed by atoms with van der Waals surface area (Å²) >= 11 is 0. The number of aromatic nitrogens is 1. The molecular formula is C32H36N2O3. The maximum Gasteiger partial charge on any atom is 0.339 e. The van der Waals surface area contributed by atoms with Crippen LogP contribution >= 0.6 is 0 Å². The summed E-state index contributed by atoms with van der Waals surface area (Å²) in [7, 11) is 1.97. The lowest BCUT2D eigenvalue weighted by atomic mass is 9.70. The van der Waals surface area contributed by atoms with Crippen LogP contribution in [0.4, 0.5) is 5.69 Å². The Morgan fingerprint density at radius 2 is 1.81 bits per heavy atom. The summed E-state index contributed by atoms with van der Waals surface area (Å²) in [5.74, 6) is -0.225. The van der Waals surface area contributed by atoms with E-state index < -0.39 is 5.97 Å². The highest BCUT2D eigenvalue weighted by atomic mass is 16.5. The Hall–Kier alpha value is -3.47. The van der Waals surface area contributed by atoms with Crippen LogP contribution in [0.15, 0.2) is 60.3 Å². The first-order valence-corrected chi connectivity index (χ1v) is 13.1. The zero-order chi connectivity index (χ0) is 26.5. The molecule has 3 aromatic rings. The van der Waals surface area contributed by atoms with Gasteiger partial charge in [-0.1, -0.05) is 71.0 Å². The zero-order valence-electron chi connectivity index (χ0n) is 22.7. The maximum atomic E-state index is 13.6. The van der Waals surface area contributed by atoms with E-state index in [2.05, 4.69) is 51.7 Å². The molecular weight excluding hydrogens is 460 g/mol. The lowest BCUT2D eigenvalue weighted by Crippen LogP contribution is -2.29. The molecule has 1 aliphatic heterocycles. The van der Waals surface area contributed by atoms with Crippen LogP contribution in [0.3, 0.4) is 0 Å². The number of anilines is 1. The highest BCUT2D eigenvalue weighted by molar-refractivity contribution is 6.06. The third-order valence-electron chi connectivity index (χ3n) is 8.27. The first kappa shape index (κ1) is 25.2. The quantitative estimate of drug-likeness (QED) is 0.308. The van der Waals surface area contributed by atoms with Crippen molar-refractivity contribution in [3.05, 3.63) is 82.7 Å². The molecule has 1 aromatic heterocycles. The van der Waals surface area contributed by atoms with Crippen LogP contribution in [0, 0.1) is 11.3 Å². The largest absolute Gasteiger partial charge is 0.454 e. The number of aryl methyl sites for hydroxylation is 1. The number of likely N-dealkylation sites (N-methyl/N-ethyl adjacent to an activating group) is 1. The van der Waals surface area contributed by atoms with Crippen LogP contribution < -0.4 is 4.90 Å². The Kier molecular flexibility index (Phi) is 6.21. The van der Waals surface area contributed by atoms with E-state index in [1.165, 1.54) is 5.56 Å². The second-order valence-corrected chi connectivity index (χ2v) is 12.0. The van der Waals surface area contributed by atoms with Gasteiger partial charge >= 0.3 is 5.97 Å². The number of esters is 1. The van der Waals surface area contributed by atoms with Crippen molar-refractivity contribution in [2.24, 2.45) is 11.3 Å². The van der Waals surface area contributed by atoms with Crippen molar-refractivity contribution in [3.8, 4) is 0 Å². The molecule has 0 N–H and O–H groups in total. The number of benzene rings is 2. The Morgan fingerprint density at radius 3 is 2.54 bits per heavy atom. The summed E-state index contributed by atoms with van der Waals surface area (Å²) in [5, 5.41) is 0.790. The predicted octanol–water partition coefficient (Wildman–Crippen LogP) is 6.42. The molecule has 37 heavy (non-hydrogen) atoms. The molecule has 2 aromatic carbocycles. The molecule has 5 nitrogen and oxygen atoms in total. The molecule has 1 unspecified atom stereocenters. The summed E-state index contributed by atoms with van der Waals surface area (Å²) in [6.07, 6.45) is 4.31. The number of pyridine rings is 1. The van der Waals surface area contributed by atoms with E-state index in [0.717, 1.165) is 52.8 Å². The van der Waals surface area contributed by atoms with E-state index in [1.807, 2.05) is 43.4 Å². The van der Waals surface area contributed by atoms with Gasteiger partial charge in [0.25, 0.3) is 0 Å². The van der Waals surface area contributed by atoms with Crippen molar-refractivity contribution in [3.63, 3.8) is 0 Å². The van der Waals surface area contributed by atoms with E-state index in [9.17, 15) is 9.59 Å². The summed E-state index contributed by atoms with van der Waals surface area (Å²) in [5.41, 5.74) is 6.30. The van der Waals surface area contributed by atoms with Gasteiger partial charge in [0.05, 0.1) is 11.1 Å². The molecule has 1 atom stereocenters. The number of carbonyl (C=O) groups excluding carboxylic acids is 2. The highest BCUT2D eigenvalue weighted by Gasteiger charge is 2.39. The fourth-order valence-electron chi connectivity index (χ4n) is 6.02. The molecule has 2 aliphatic rings. The molecule has 0 saturated carbocycles. The standard InChI is InChI=1S/C32H36N2O3/c1-31(2,3)20-15-16-26-23(17-20)29(22-11-7-9-13-25(22)33-26)30(36)37-19-21(35)18-28-32(4,5)24-12-8-10-14-27(24)34(28)6/h7-14,18,20H,15-17,19H2,1-6H3. The first-order chi connectivity index (χ1) is 17.5. The third-order valence-corrected chi connectivity index (χ3v) is 8.27. The van der Waals surface area contributed by atoms with Gasteiger partial charge in [0.2, 0.25) is 0 Å². The molecule has 1 aliphatic carbocycles.